The molecule has 1 N–H and O–H groups in total. The molecule has 4 nitrogen and oxygen atoms in total. The molecule has 0 saturated carbocycles. The Balaban J connectivity index is 2.74. The molecular formula is C10H14NO3S. The van der Waals surface area contributed by atoms with E-state index in [0.29, 0.717) is 18.5 Å². The molecule has 0 atom stereocenters. The number of benzene rings is 1. The fourth-order valence-corrected chi connectivity index (χ4v) is 1.84. The number of hydrogen-bond donors (Lipinski definition) is 1. The first-order valence-electron chi connectivity index (χ1n) is 4.66. The molecule has 1 aromatic carbocycles. The minimum Gasteiger partial charge on any atom is -0.284 e. The van der Waals surface area contributed by atoms with E-state index in [2.05, 4.69) is 4.72 Å². The molecule has 1 radical (unpaired) electrons. The molecule has 5 heteroatoms. The van der Waals surface area contributed by atoms with E-state index in [4.69, 9.17) is 0 Å². The van der Waals surface area contributed by atoms with E-state index in [9.17, 15) is 13.5 Å². The van der Waals surface area contributed by atoms with Gasteiger partial charge in [-0.1, -0.05) is 12.1 Å². The van der Waals surface area contributed by atoms with Gasteiger partial charge in [0.15, 0.2) is 0 Å². The van der Waals surface area contributed by atoms with Gasteiger partial charge >= 0.3 is 0 Å². The summed E-state index contributed by atoms with van der Waals surface area (Å²) in [6.45, 7) is -0.107. The Hall–Kier alpha value is -1.07. The van der Waals surface area contributed by atoms with Crippen LogP contribution in [0, 0.1) is 0 Å². The van der Waals surface area contributed by atoms with Crippen LogP contribution in [-0.4, -0.2) is 21.3 Å². The van der Waals surface area contributed by atoms with Crippen LogP contribution in [0.1, 0.15) is 12.0 Å². The van der Waals surface area contributed by atoms with Crippen LogP contribution in [0.2, 0.25) is 0 Å². The Morgan fingerprint density at radius 2 is 2.07 bits per heavy atom. The maximum Gasteiger partial charge on any atom is 0.229 e. The summed E-state index contributed by atoms with van der Waals surface area (Å²) in [5.74, 6) is 0. The summed E-state index contributed by atoms with van der Waals surface area (Å²) in [5.41, 5.74) is 1.51. The van der Waals surface area contributed by atoms with Crippen molar-refractivity contribution >= 4 is 15.7 Å². The second-order valence-electron chi connectivity index (χ2n) is 3.38. The quantitative estimate of drug-likeness (QED) is 0.828. The molecule has 0 spiro atoms. The molecule has 0 saturated heterocycles. The molecule has 0 aliphatic rings. The zero-order valence-electron chi connectivity index (χ0n) is 8.56. The Bertz CT molecular complexity index is 414. The molecule has 0 fully saturated rings. The third-order valence-corrected chi connectivity index (χ3v) is 2.45. The average molecular weight is 228 g/mol. The van der Waals surface area contributed by atoms with Crippen molar-refractivity contribution in [2.24, 2.45) is 0 Å². The van der Waals surface area contributed by atoms with Crippen molar-refractivity contribution in [3.63, 3.8) is 0 Å². The molecule has 0 aromatic heterocycles. The summed E-state index contributed by atoms with van der Waals surface area (Å²) >= 11 is 0. The van der Waals surface area contributed by atoms with Crippen molar-refractivity contribution in [1.82, 2.24) is 0 Å². The van der Waals surface area contributed by atoms with E-state index in [1.807, 2.05) is 6.07 Å². The monoisotopic (exact) mass is 228 g/mol. The summed E-state index contributed by atoms with van der Waals surface area (Å²) in [6.07, 6.45) is 2.36. The van der Waals surface area contributed by atoms with Gasteiger partial charge in [-0.05, 0) is 30.5 Å². The Morgan fingerprint density at radius 3 is 2.67 bits per heavy atom. The second-order valence-corrected chi connectivity index (χ2v) is 5.13. The fourth-order valence-electron chi connectivity index (χ4n) is 1.28. The van der Waals surface area contributed by atoms with E-state index in [1.165, 1.54) is 0 Å². The van der Waals surface area contributed by atoms with Crippen LogP contribution in [0.5, 0.6) is 0 Å². The minimum absolute atomic E-state index is 0.107. The fraction of sp³-hybridized carbons (Fsp3) is 0.400. The first-order chi connectivity index (χ1) is 7.01. The molecule has 1 aromatic rings. The Labute approximate surface area is 90.0 Å². The van der Waals surface area contributed by atoms with Gasteiger partial charge in [0.25, 0.3) is 0 Å². The van der Waals surface area contributed by atoms with Gasteiger partial charge in [0.2, 0.25) is 10.0 Å². The van der Waals surface area contributed by atoms with E-state index >= 15 is 0 Å². The molecule has 0 aliphatic heterocycles. The lowest BCUT2D eigenvalue weighted by Crippen LogP contribution is -2.09. The molecule has 0 unspecified atom stereocenters. The number of hydrogen-bond acceptors (Lipinski definition) is 2. The van der Waals surface area contributed by atoms with Gasteiger partial charge < -0.3 is 0 Å². The summed E-state index contributed by atoms with van der Waals surface area (Å²) in [6, 6.07) is 7.08. The summed E-state index contributed by atoms with van der Waals surface area (Å²) < 4.78 is 24.3. The highest BCUT2D eigenvalue weighted by Gasteiger charge is 2.02. The second kappa shape index (κ2) is 5.14. The van der Waals surface area contributed by atoms with Crippen molar-refractivity contribution in [1.29, 1.82) is 0 Å². The Kier molecular flexibility index (Phi) is 4.11. The number of sulfonamides is 1. The number of anilines is 1. The molecular weight excluding hydrogens is 214 g/mol. The van der Waals surface area contributed by atoms with Crippen LogP contribution in [-0.2, 0) is 21.6 Å². The molecule has 0 heterocycles. The molecule has 1 rings (SSSR count). The lowest BCUT2D eigenvalue weighted by atomic mass is 10.1. The zero-order valence-corrected chi connectivity index (χ0v) is 9.38. The predicted octanol–water partition coefficient (Wildman–Crippen LogP) is 1.42. The van der Waals surface area contributed by atoms with Crippen molar-refractivity contribution < 1.29 is 13.5 Å². The smallest absolute Gasteiger partial charge is 0.229 e. The zero-order chi connectivity index (χ0) is 11.3. The SMILES string of the molecule is CS(=O)(=O)Nc1cccc(CCC[O])c1. The van der Waals surface area contributed by atoms with Gasteiger partial charge in [-0.3, -0.25) is 4.72 Å². The normalized spacial score (nSPS) is 11.3. The summed E-state index contributed by atoms with van der Waals surface area (Å²) in [7, 11) is -3.23. The van der Waals surface area contributed by atoms with Crippen LogP contribution in [0.3, 0.4) is 0 Å². The summed E-state index contributed by atoms with van der Waals surface area (Å²) in [5, 5.41) is 10.3. The molecule has 83 valence electrons. The summed E-state index contributed by atoms with van der Waals surface area (Å²) in [4.78, 5) is 0. The minimum atomic E-state index is -3.23. The van der Waals surface area contributed by atoms with Gasteiger partial charge in [0.05, 0.1) is 12.9 Å². The first kappa shape index (κ1) is 12.0. The molecule has 0 amide bonds. The lowest BCUT2D eigenvalue weighted by Gasteiger charge is -2.05. The lowest BCUT2D eigenvalue weighted by molar-refractivity contribution is 0.189. The van der Waals surface area contributed by atoms with Gasteiger partial charge in [0, 0.05) is 5.69 Å². The topological polar surface area (TPSA) is 66.1 Å². The van der Waals surface area contributed by atoms with E-state index in [1.54, 1.807) is 18.2 Å². The number of nitrogens with one attached hydrogen (secondary N) is 1. The molecule has 15 heavy (non-hydrogen) atoms. The standard InChI is InChI=1S/C10H14NO3S/c1-15(13,14)11-10-6-2-4-9(8-10)5-3-7-12/h2,4,6,8,11H,3,5,7H2,1H3. The molecule has 0 bridgehead atoms. The van der Waals surface area contributed by atoms with Gasteiger partial charge in [-0.25, -0.2) is 13.5 Å². The van der Waals surface area contributed by atoms with Gasteiger partial charge in [0.1, 0.15) is 0 Å². The van der Waals surface area contributed by atoms with Gasteiger partial charge in [-0.15, -0.1) is 0 Å². The maximum atomic E-state index is 11.0. The van der Waals surface area contributed by atoms with Crippen LogP contribution in [0.4, 0.5) is 5.69 Å². The highest BCUT2D eigenvalue weighted by molar-refractivity contribution is 7.92. The van der Waals surface area contributed by atoms with Crippen LogP contribution in [0.25, 0.3) is 0 Å². The van der Waals surface area contributed by atoms with Crippen molar-refractivity contribution in [2.45, 2.75) is 12.8 Å². The van der Waals surface area contributed by atoms with Crippen LogP contribution >= 0.6 is 0 Å². The number of rotatable bonds is 5. The Morgan fingerprint density at radius 1 is 1.33 bits per heavy atom. The van der Waals surface area contributed by atoms with Crippen LogP contribution in [0.15, 0.2) is 24.3 Å². The van der Waals surface area contributed by atoms with E-state index < -0.39 is 10.0 Å². The third kappa shape index (κ3) is 4.80. The van der Waals surface area contributed by atoms with Crippen molar-refractivity contribution in [3.05, 3.63) is 29.8 Å². The average Bonchev–Trinajstić information content (AvgIpc) is 2.12. The number of aryl methyl sites for hydroxylation is 1. The van der Waals surface area contributed by atoms with E-state index in [0.717, 1.165) is 11.8 Å². The van der Waals surface area contributed by atoms with E-state index in [-0.39, 0.29) is 6.61 Å². The highest BCUT2D eigenvalue weighted by Crippen LogP contribution is 2.13. The van der Waals surface area contributed by atoms with Crippen molar-refractivity contribution in [3.8, 4) is 0 Å². The van der Waals surface area contributed by atoms with Gasteiger partial charge in [-0.2, -0.15) is 0 Å². The predicted molar refractivity (Wildman–Crippen MR) is 58.8 cm³/mol. The highest BCUT2D eigenvalue weighted by atomic mass is 32.2. The van der Waals surface area contributed by atoms with Crippen molar-refractivity contribution in [2.75, 3.05) is 17.6 Å². The first-order valence-corrected chi connectivity index (χ1v) is 6.55. The molecule has 0 aliphatic carbocycles. The van der Waals surface area contributed by atoms with Crippen LogP contribution < -0.4 is 4.72 Å². The maximum absolute atomic E-state index is 11.0. The largest absolute Gasteiger partial charge is 0.284 e. The third-order valence-electron chi connectivity index (χ3n) is 1.84.